The minimum Gasteiger partial charge on any atom is -0.462 e. The molecule has 186 valence electrons. The van der Waals surface area contributed by atoms with Crippen LogP contribution in [0.5, 0.6) is 5.75 Å². The lowest BCUT2D eigenvalue weighted by Crippen LogP contribution is -2.60. The lowest BCUT2D eigenvalue weighted by Gasteiger charge is -2.39. The van der Waals surface area contributed by atoms with Crippen LogP contribution >= 0.6 is 0 Å². The van der Waals surface area contributed by atoms with Gasteiger partial charge in [-0.15, -0.1) is 0 Å². The Morgan fingerprint density at radius 1 is 1.03 bits per heavy atom. The quantitative estimate of drug-likeness (QED) is 0.230. The molecule has 5 unspecified atom stereocenters. The number of aliphatic hydroxyl groups is 4. The number of nitrogens with zero attached hydrogens (tertiary/aromatic N) is 5. The van der Waals surface area contributed by atoms with E-state index in [4.69, 9.17) is 14.9 Å². The second kappa shape index (κ2) is 9.97. The van der Waals surface area contributed by atoms with E-state index in [2.05, 4.69) is 15.2 Å². The van der Waals surface area contributed by atoms with Crippen molar-refractivity contribution in [2.75, 3.05) is 6.61 Å². The molecule has 5 atom stereocenters. The van der Waals surface area contributed by atoms with Crippen molar-refractivity contribution in [2.45, 2.75) is 30.7 Å². The normalized spacial score (nSPS) is 24.4. The number of para-hydroxylation sites is 1. The van der Waals surface area contributed by atoms with Gasteiger partial charge in [0.05, 0.1) is 30.1 Å². The van der Waals surface area contributed by atoms with E-state index in [1.165, 1.54) is 11.0 Å². The Bertz CT molecular complexity index is 1420. The largest absolute Gasteiger partial charge is 0.462 e. The monoisotopic (exact) mass is 492 g/mol. The van der Waals surface area contributed by atoms with E-state index in [0.717, 1.165) is 5.69 Å². The molecule has 1 aliphatic rings. The smallest absolute Gasteiger partial charge is 0.229 e. The van der Waals surface area contributed by atoms with E-state index in [1.807, 2.05) is 30.3 Å². The number of ether oxygens (including phenoxy) is 2. The van der Waals surface area contributed by atoms with Crippen LogP contribution in [0.1, 0.15) is 5.56 Å². The first-order valence-electron chi connectivity index (χ1n) is 11.1. The zero-order chi connectivity index (χ0) is 25.2. The highest BCUT2D eigenvalue weighted by Crippen LogP contribution is 2.24. The van der Waals surface area contributed by atoms with Crippen molar-refractivity contribution in [3.63, 3.8) is 0 Å². The Morgan fingerprint density at radius 2 is 1.78 bits per heavy atom. The third-order valence-electron chi connectivity index (χ3n) is 5.83. The Labute approximate surface area is 204 Å². The average Bonchev–Trinajstić information content (AvgIpc) is 3.35. The number of nitrogens with one attached hydrogen (secondary N) is 1. The average molecular weight is 492 g/mol. The van der Waals surface area contributed by atoms with Crippen molar-refractivity contribution in [2.24, 2.45) is 5.10 Å². The summed E-state index contributed by atoms with van der Waals surface area (Å²) < 4.78 is 13.9. The molecule has 1 fully saturated rings. The zero-order valence-corrected chi connectivity index (χ0v) is 18.9. The number of aliphatic hydroxyl groups excluding tert-OH is 4. The summed E-state index contributed by atoms with van der Waals surface area (Å²) in [5.74, 6) is 0.335. The van der Waals surface area contributed by atoms with Crippen molar-refractivity contribution < 1.29 is 29.9 Å². The molecular formula is C24H24N6O6. The van der Waals surface area contributed by atoms with Gasteiger partial charge in [-0.2, -0.15) is 10.2 Å². The predicted molar refractivity (Wildman–Crippen MR) is 127 cm³/mol. The van der Waals surface area contributed by atoms with Crippen LogP contribution in [0.2, 0.25) is 0 Å². The lowest BCUT2D eigenvalue weighted by atomic mass is 9.99. The van der Waals surface area contributed by atoms with Crippen molar-refractivity contribution in [3.05, 3.63) is 78.2 Å². The van der Waals surface area contributed by atoms with E-state index in [1.54, 1.807) is 41.4 Å². The highest BCUT2D eigenvalue weighted by Gasteiger charge is 2.44. The van der Waals surface area contributed by atoms with Crippen LogP contribution in [0.3, 0.4) is 0 Å². The number of aromatic nitrogens is 4. The first kappa shape index (κ1) is 23.8. The summed E-state index contributed by atoms with van der Waals surface area (Å²) >= 11 is 0. The van der Waals surface area contributed by atoms with Crippen LogP contribution in [-0.2, 0) is 4.74 Å². The number of fused-ring (bicyclic) bond motifs is 1. The van der Waals surface area contributed by atoms with Gasteiger partial charge in [-0.1, -0.05) is 18.2 Å². The lowest BCUT2D eigenvalue weighted by molar-refractivity contribution is -0.277. The summed E-state index contributed by atoms with van der Waals surface area (Å²) in [6.07, 6.45) is -2.22. The zero-order valence-electron chi connectivity index (χ0n) is 18.9. The van der Waals surface area contributed by atoms with Crippen LogP contribution in [0, 0.1) is 5.41 Å². The van der Waals surface area contributed by atoms with Gasteiger partial charge in [0.1, 0.15) is 36.5 Å². The topological polar surface area (TPSA) is 171 Å². The van der Waals surface area contributed by atoms with E-state index in [0.29, 0.717) is 22.3 Å². The van der Waals surface area contributed by atoms with Crippen LogP contribution in [0.15, 0.2) is 72.2 Å². The molecule has 1 aliphatic heterocycles. The van der Waals surface area contributed by atoms with Crippen LogP contribution in [-0.4, -0.2) is 83.4 Å². The molecule has 5 rings (SSSR count). The molecular weight excluding hydrogens is 468 g/mol. The van der Waals surface area contributed by atoms with E-state index >= 15 is 0 Å². The molecule has 12 nitrogen and oxygen atoms in total. The summed E-state index contributed by atoms with van der Waals surface area (Å²) in [6, 6.07) is 16.1. The Balaban J connectivity index is 1.30. The van der Waals surface area contributed by atoms with Gasteiger partial charge in [-0.3, -0.25) is 5.41 Å². The highest BCUT2D eigenvalue weighted by atomic mass is 16.7. The standard InChI is InChI=1S/C24H24N6O6/c25-22-17-11-28-30(15-4-2-1-3-5-15)23(17)26-13-29(22)27-10-14-6-8-16(9-7-14)35-24-21(34)20(33)19(32)18(12-31)36-24/h1-11,13,18-21,24-25,31-34H,12H2/b25-22?,27-10-. The van der Waals surface area contributed by atoms with Gasteiger partial charge < -0.3 is 29.9 Å². The van der Waals surface area contributed by atoms with Crippen molar-refractivity contribution in [1.29, 1.82) is 5.41 Å². The molecule has 1 saturated heterocycles. The highest BCUT2D eigenvalue weighted by molar-refractivity contribution is 5.80. The molecule has 0 saturated carbocycles. The van der Waals surface area contributed by atoms with Crippen LogP contribution in [0.25, 0.3) is 16.7 Å². The maximum Gasteiger partial charge on any atom is 0.229 e. The minimum atomic E-state index is -1.52. The summed E-state index contributed by atoms with van der Waals surface area (Å²) in [4.78, 5) is 4.42. The van der Waals surface area contributed by atoms with Crippen molar-refractivity contribution >= 4 is 17.2 Å². The summed E-state index contributed by atoms with van der Waals surface area (Å²) in [7, 11) is 0. The molecule has 0 aliphatic carbocycles. The number of benzene rings is 2. The van der Waals surface area contributed by atoms with Gasteiger partial charge in [0.15, 0.2) is 11.1 Å². The van der Waals surface area contributed by atoms with Gasteiger partial charge in [0.2, 0.25) is 6.29 Å². The van der Waals surface area contributed by atoms with Crippen LogP contribution in [0.4, 0.5) is 0 Å². The number of hydrogen-bond donors (Lipinski definition) is 5. The first-order valence-corrected chi connectivity index (χ1v) is 11.1. The molecule has 3 heterocycles. The molecule has 5 N–H and O–H groups in total. The molecule has 36 heavy (non-hydrogen) atoms. The third kappa shape index (κ3) is 4.51. The minimum absolute atomic E-state index is 0.126. The fraction of sp³-hybridized carbons (Fsp3) is 0.250. The molecule has 0 bridgehead atoms. The van der Waals surface area contributed by atoms with Crippen molar-refractivity contribution in [3.8, 4) is 11.4 Å². The van der Waals surface area contributed by atoms with Gasteiger partial charge in [-0.25, -0.2) is 14.3 Å². The summed E-state index contributed by atoms with van der Waals surface area (Å²) in [5.41, 5.74) is 2.21. The summed E-state index contributed by atoms with van der Waals surface area (Å²) in [6.45, 7) is -0.538. The molecule has 0 radical (unpaired) electrons. The predicted octanol–water partition coefficient (Wildman–Crippen LogP) is -0.238. The summed E-state index contributed by atoms with van der Waals surface area (Å²) in [5, 5.41) is 56.9. The van der Waals surface area contributed by atoms with Crippen LogP contribution < -0.4 is 10.2 Å². The number of hydrogen-bond acceptors (Lipinski definition) is 10. The number of rotatable bonds is 6. The fourth-order valence-electron chi connectivity index (χ4n) is 3.83. The SMILES string of the molecule is N=c1c2cnn(-c3ccccc3)c2ncn1/N=C\c1ccc(OC2OC(CO)C(O)C(O)C2O)cc1. The second-order valence-electron chi connectivity index (χ2n) is 8.20. The second-order valence-corrected chi connectivity index (χ2v) is 8.20. The Kier molecular flexibility index (Phi) is 6.59. The van der Waals surface area contributed by atoms with Gasteiger partial charge in [0.25, 0.3) is 0 Å². The first-order chi connectivity index (χ1) is 17.5. The third-order valence-corrected chi connectivity index (χ3v) is 5.83. The molecule has 12 heteroatoms. The van der Waals surface area contributed by atoms with E-state index in [-0.39, 0.29) is 5.49 Å². The van der Waals surface area contributed by atoms with Gasteiger partial charge in [-0.05, 0) is 42.0 Å². The molecule has 2 aromatic carbocycles. The van der Waals surface area contributed by atoms with Gasteiger partial charge in [0, 0.05) is 0 Å². The van der Waals surface area contributed by atoms with E-state index < -0.39 is 37.3 Å². The Morgan fingerprint density at radius 3 is 2.50 bits per heavy atom. The fourth-order valence-corrected chi connectivity index (χ4v) is 3.83. The molecule has 2 aromatic heterocycles. The van der Waals surface area contributed by atoms with E-state index in [9.17, 15) is 20.4 Å². The Hall–Kier alpha value is -3.94. The molecule has 0 spiro atoms. The maximum absolute atomic E-state index is 10.1. The van der Waals surface area contributed by atoms with Crippen molar-refractivity contribution in [1.82, 2.24) is 19.4 Å². The maximum atomic E-state index is 10.1. The van der Waals surface area contributed by atoms with Gasteiger partial charge >= 0.3 is 0 Å². The molecule has 0 amide bonds. The molecule has 4 aromatic rings.